The molecule has 0 N–H and O–H groups in total. The van der Waals surface area contributed by atoms with Gasteiger partial charge < -0.3 is 0 Å². The zero-order valence-electron chi connectivity index (χ0n) is 14.8. The summed E-state index contributed by atoms with van der Waals surface area (Å²) in [5.74, 6) is 0. The van der Waals surface area contributed by atoms with Gasteiger partial charge in [0, 0.05) is 0 Å². The van der Waals surface area contributed by atoms with Crippen molar-refractivity contribution in [3.8, 4) is 11.1 Å². The summed E-state index contributed by atoms with van der Waals surface area (Å²) in [6.45, 7) is 2.14. The van der Waals surface area contributed by atoms with E-state index in [4.69, 9.17) is 0 Å². The predicted molar refractivity (Wildman–Crippen MR) is 115 cm³/mol. The average molecular weight is 352 g/mol. The van der Waals surface area contributed by atoms with Crippen LogP contribution in [0.2, 0.25) is 0 Å². The zero-order chi connectivity index (χ0) is 17.8. The molecule has 0 aromatic heterocycles. The Balaban J connectivity index is 1.76. The molecular formula is C25H21P. The minimum Gasteiger partial charge on any atom is -0.0622 e. The van der Waals surface area contributed by atoms with Crippen molar-refractivity contribution in [3.05, 3.63) is 115 Å². The first kappa shape index (κ1) is 16.8. The summed E-state index contributed by atoms with van der Waals surface area (Å²) in [6.07, 6.45) is 0. The lowest BCUT2D eigenvalue weighted by Crippen LogP contribution is -2.20. The second kappa shape index (κ2) is 7.68. The van der Waals surface area contributed by atoms with Crippen molar-refractivity contribution in [1.82, 2.24) is 0 Å². The molecular weight excluding hydrogens is 331 g/mol. The monoisotopic (exact) mass is 352 g/mol. The van der Waals surface area contributed by atoms with E-state index in [0.29, 0.717) is 0 Å². The lowest BCUT2D eigenvalue weighted by Gasteiger charge is -2.20. The second-order valence-electron chi connectivity index (χ2n) is 6.42. The molecule has 0 amide bonds. The van der Waals surface area contributed by atoms with E-state index in [-0.39, 0.29) is 0 Å². The minimum absolute atomic E-state index is 0.540. The first-order valence-corrected chi connectivity index (χ1v) is 10.2. The third-order valence-electron chi connectivity index (χ3n) is 4.54. The highest BCUT2D eigenvalue weighted by Gasteiger charge is 2.16. The van der Waals surface area contributed by atoms with Crippen molar-refractivity contribution < 1.29 is 0 Å². The summed E-state index contributed by atoms with van der Waals surface area (Å²) in [4.78, 5) is 0. The highest BCUT2D eigenvalue weighted by molar-refractivity contribution is 7.79. The molecule has 1 atom stereocenters. The Morgan fingerprint density at radius 2 is 0.846 bits per heavy atom. The van der Waals surface area contributed by atoms with Gasteiger partial charge in [-0.2, -0.15) is 0 Å². The Morgan fingerprint density at radius 3 is 1.42 bits per heavy atom. The number of hydrogen-bond acceptors (Lipinski definition) is 0. The van der Waals surface area contributed by atoms with Gasteiger partial charge in [0.05, 0.1) is 0 Å². The van der Waals surface area contributed by atoms with E-state index < -0.39 is 7.92 Å². The maximum absolute atomic E-state index is 2.29. The van der Waals surface area contributed by atoms with Gasteiger partial charge in [0.2, 0.25) is 0 Å². The number of benzene rings is 4. The van der Waals surface area contributed by atoms with Crippen LogP contribution >= 0.6 is 7.92 Å². The average Bonchev–Trinajstić information content (AvgIpc) is 2.72. The summed E-state index contributed by atoms with van der Waals surface area (Å²) < 4.78 is 0. The predicted octanol–water partition coefficient (Wildman–Crippen LogP) is 5.42. The molecule has 26 heavy (non-hydrogen) atoms. The molecule has 0 nitrogen and oxygen atoms in total. The molecule has 0 heterocycles. The van der Waals surface area contributed by atoms with Crippen LogP contribution < -0.4 is 15.9 Å². The van der Waals surface area contributed by atoms with Crippen molar-refractivity contribution in [2.45, 2.75) is 6.92 Å². The Kier molecular flexibility index (Phi) is 4.95. The molecule has 4 aromatic rings. The number of hydrogen-bond donors (Lipinski definition) is 0. The molecule has 0 fully saturated rings. The molecule has 0 saturated heterocycles. The Labute approximate surface area is 156 Å². The normalized spacial score (nSPS) is 11.9. The molecule has 0 aliphatic rings. The van der Waals surface area contributed by atoms with Gasteiger partial charge in [0.1, 0.15) is 0 Å². The van der Waals surface area contributed by atoms with Gasteiger partial charge in [0.15, 0.2) is 0 Å². The number of aryl methyl sites for hydroxylation is 1. The lowest BCUT2D eigenvalue weighted by molar-refractivity contribution is 1.49. The molecule has 0 bridgehead atoms. The fraction of sp³-hybridized carbons (Fsp3) is 0.0400. The van der Waals surface area contributed by atoms with Gasteiger partial charge in [-0.3, -0.25) is 0 Å². The minimum atomic E-state index is -0.540. The fourth-order valence-corrected chi connectivity index (χ4v) is 5.41. The molecule has 1 heteroatoms. The van der Waals surface area contributed by atoms with Gasteiger partial charge >= 0.3 is 0 Å². The molecule has 0 aliphatic carbocycles. The molecule has 0 saturated carbocycles. The fourth-order valence-electron chi connectivity index (χ4n) is 3.15. The Morgan fingerprint density at radius 1 is 0.423 bits per heavy atom. The topological polar surface area (TPSA) is 0 Å². The maximum Gasteiger partial charge on any atom is -0.0134 e. The summed E-state index contributed by atoms with van der Waals surface area (Å²) in [5.41, 5.74) is 3.83. The van der Waals surface area contributed by atoms with E-state index in [9.17, 15) is 0 Å². The van der Waals surface area contributed by atoms with Gasteiger partial charge in [-0.25, -0.2) is 0 Å². The van der Waals surface area contributed by atoms with Crippen LogP contribution in [-0.2, 0) is 0 Å². The van der Waals surface area contributed by atoms with Crippen molar-refractivity contribution in [1.29, 1.82) is 0 Å². The standard InChI is InChI=1S/C25H21P/c1-20-12-16-24(17-13-20)26(23-10-6-3-7-11-23)25-18-14-22(15-19-25)21-8-4-2-5-9-21/h2-19H,1H3. The quantitative estimate of drug-likeness (QED) is 0.430. The highest BCUT2D eigenvalue weighted by atomic mass is 31.1. The van der Waals surface area contributed by atoms with Crippen LogP contribution in [0.15, 0.2) is 109 Å². The largest absolute Gasteiger partial charge is 0.0622 e. The molecule has 4 aromatic carbocycles. The van der Waals surface area contributed by atoms with Crippen LogP contribution in [0, 0.1) is 6.92 Å². The van der Waals surface area contributed by atoms with E-state index in [1.807, 2.05) is 0 Å². The maximum atomic E-state index is 2.29. The number of rotatable bonds is 4. The Hall–Kier alpha value is -2.69. The Bertz CT molecular complexity index is 956. The van der Waals surface area contributed by atoms with E-state index >= 15 is 0 Å². The summed E-state index contributed by atoms with van der Waals surface area (Å²) in [6, 6.07) is 39.5. The van der Waals surface area contributed by atoms with Crippen molar-refractivity contribution in [2.75, 3.05) is 0 Å². The van der Waals surface area contributed by atoms with Gasteiger partial charge in [-0.15, -0.1) is 0 Å². The van der Waals surface area contributed by atoms with E-state index in [1.165, 1.54) is 32.6 Å². The smallest absolute Gasteiger partial charge is 0.0134 e. The summed E-state index contributed by atoms with van der Waals surface area (Å²) in [7, 11) is -0.540. The van der Waals surface area contributed by atoms with E-state index in [0.717, 1.165) is 0 Å². The molecule has 1 unspecified atom stereocenters. The summed E-state index contributed by atoms with van der Waals surface area (Å²) >= 11 is 0. The molecule has 0 spiro atoms. The highest BCUT2D eigenvalue weighted by Crippen LogP contribution is 2.33. The third kappa shape index (κ3) is 3.62. The van der Waals surface area contributed by atoms with Gasteiger partial charge in [-0.05, 0) is 41.9 Å². The molecule has 126 valence electrons. The van der Waals surface area contributed by atoms with Crippen LogP contribution in [0.5, 0.6) is 0 Å². The van der Waals surface area contributed by atoms with Crippen molar-refractivity contribution in [3.63, 3.8) is 0 Å². The molecule has 0 aliphatic heterocycles. The van der Waals surface area contributed by atoms with Crippen molar-refractivity contribution >= 4 is 23.8 Å². The van der Waals surface area contributed by atoms with Crippen LogP contribution in [0.25, 0.3) is 11.1 Å². The lowest BCUT2D eigenvalue weighted by atomic mass is 10.1. The van der Waals surface area contributed by atoms with E-state index in [2.05, 4.69) is 116 Å². The zero-order valence-corrected chi connectivity index (χ0v) is 15.7. The van der Waals surface area contributed by atoms with E-state index in [1.54, 1.807) is 0 Å². The second-order valence-corrected chi connectivity index (χ2v) is 8.64. The first-order valence-electron chi connectivity index (χ1n) is 8.88. The molecule has 0 radical (unpaired) electrons. The van der Waals surface area contributed by atoms with Crippen LogP contribution in [0.3, 0.4) is 0 Å². The molecule has 4 rings (SSSR count). The van der Waals surface area contributed by atoms with Crippen molar-refractivity contribution in [2.24, 2.45) is 0 Å². The van der Waals surface area contributed by atoms with Crippen LogP contribution in [0.4, 0.5) is 0 Å². The van der Waals surface area contributed by atoms with Gasteiger partial charge in [0.25, 0.3) is 0 Å². The van der Waals surface area contributed by atoms with Crippen LogP contribution in [-0.4, -0.2) is 0 Å². The third-order valence-corrected chi connectivity index (χ3v) is 6.98. The van der Waals surface area contributed by atoms with Crippen LogP contribution in [0.1, 0.15) is 5.56 Å². The SMILES string of the molecule is Cc1ccc(P(c2ccccc2)c2ccc(-c3ccccc3)cc2)cc1. The summed E-state index contributed by atoms with van der Waals surface area (Å²) in [5, 5.41) is 4.16. The first-order chi connectivity index (χ1) is 12.8. The van der Waals surface area contributed by atoms with Gasteiger partial charge in [-0.1, -0.05) is 115 Å².